The molecule has 1 saturated heterocycles. The molecule has 3 nitrogen and oxygen atoms in total. The van der Waals surface area contributed by atoms with Crippen LogP contribution in [0.4, 0.5) is 4.39 Å². The van der Waals surface area contributed by atoms with E-state index >= 15 is 0 Å². The van der Waals surface area contributed by atoms with Crippen molar-refractivity contribution >= 4 is 18.3 Å². The smallest absolute Gasteiger partial charge is 0.224 e. The van der Waals surface area contributed by atoms with E-state index in [9.17, 15) is 9.18 Å². The average molecular weight is 225 g/mol. The van der Waals surface area contributed by atoms with E-state index in [-0.39, 0.29) is 30.9 Å². The Hall–Kier alpha value is -0.350. The minimum absolute atomic E-state index is 0. The van der Waals surface area contributed by atoms with Gasteiger partial charge in [0, 0.05) is 25.4 Å². The second kappa shape index (κ2) is 4.94. The molecule has 1 heterocycles. The predicted molar refractivity (Wildman–Crippen MR) is 56.2 cm³/mol. The molecular formula is C9H18ClFN2O. The Labute approximate surface area is 90.2 Å². The molecule has 2 N–H and O–H groups in total. The number of nitrogens with zero attached hydrogens (tertiary/aromatic N) is 1. The molecule has 0 aromatic carbocycles. The molecule has 0 saturated carbocycles. The van der Waals surface area contributed by atoms with Gasteiger partial charge in [-0.3, -0.25) is 4.79 Å². The fourth-order valence-electron chi connectivity index (χ4n) is 1.54. The van der Waals surface area contributed by atoms with Gasteiger partial charge in [-0.1, -0.05) is 0 Å². The number of alkyl halides is 1. The molecule has 0 radical (unpaired) electrons. The highest BCUT2D eigenvalue weighted by Gasteiger charge is 2.35. The molecule has 1 aliphatic heterocycles. The van der Waals surface area contributed by atoms with E-state index < -0.39 is 5.67 Å². The van der Waals surface area contributed by atoms with Gasteiger partial charge in [0.15, 0.2) is 0 Å². The topological polar surface area (TPSA) is 46.3 Å². The maximum absolute atomic E-state index is 13.3. The van der Waals surface area contributed by atoms with Crippen molar-refractivity contribution in [2.24, 2.45) is 5.73 Å². The molecule has 5 heteroatoms. The number of amides is 1. The number of hydrogen-bond acceptors (Lipinski definition) is 2. The maximum Gasteiger partial charge on any atom is 0.224 e. The van der Waals surface area contributed by atoms with Gasteiger partial charge in [-0.25, -0.2) is 4.39 Å². The van der Waals surface area contributed by atoms with E-state index in [0.29, 0.717) is 19.4 Å². The number of carbonyl (C=O) groups is 1. The highest BCUT2D eigenvalue weighted by molar-refractivity contribution is 5.85. The molecule has 1 aliphatic rings. The monoisotopic (exact) mass is 224 g/mol. The minimum Gasteiger partial charge on any atom is -0.339 e. The lowest BCUT2D eigenvalue weighted by molar-refractivity contribution is -0.130. The van der Waals surface area contributed by atoms with Crippen LogP contribution in [-0.4, -0.2) is 35.6 Å². The lowest BCUT2D eigenvalue weighted by Gasteiger charge is -2.18. The normalized spacial score (nSPS) is 28.4. The molecule has 1 rings (SSSR count). The standard InChI is InChI=1S/C9H17FN2O.ClH/c1-7(11)5-8(13)12-4-3-9(2,10)6-12;/h7H,3-6,11H2,1-2H3;1H. The summed E-state index contributed by atoms with van der Waals surface area (Å²) >= 11 is 0. The Morgan fingerprint density at radius 3 is 2.64 bits per heavy atom. The zero-order chi connectivity index (χ0) is 10.1. The number of rotatable bonds is 2. The lowest BCUT2D eigenvalue weighted by atomic mass is 10.1. The molecule has 2 atom stereocenters. The molecule has 0 aromatic rings. The van der Waals surface area contributed by atoms with Crippen molar-refractivity contribution in [3.05, 3.63) is 0 Å². The van der Waals surface area contributed by atoms with Gasteiger partial charge >= 0.3 is 0 Å². The van der Waals surface area contributed by atoms with E-state index in [1.807, 2.05) is 0 Å². The Kier molecular flexibility index (Phi) is 4.81. The Bertz CT molecular complexity index is 209. The predicted octanol–water partition coefficient (Wildman–Crippen LogP) is 1.11. The van der Waals surface area contributed by atoms with Crippen molar-refractivity contribution in [3.63, 3.8) is 0 Å². The Balaban J connectivity index is 0.00000169. The third kappa shape index (κ3) is 3.80. The molecular weight excluding hydrogens is 207 g/mol. The van der Waals surface area contributed by atoms with Crippen molar-refractivity contribution in [2.45, 2.75) is 38.4 Å². The van der Waals surface area contributed by atoms with Crippen LogP contribution in [0.2, 0.25) is 0 Å². The molecule has 0 aromatic heterocycles. The van der Waals surface area contributed by atoms with Gasteiger partial charge in [-0.15, -0.1) is 12.4 Å². The van der Waals surface area contributed by atoms with Crippen LogP contribution in [0.5, 0.6) is 0 Å². The first-order chi connectivity index (χ1) is 5.91. The summed E-state index contributed by atoms with van der Waals surface area (Å²) in [6.45, 7) is 4.06. The maximum atomic E-state index is 13.3. The highest BCUT2D eigenvalue weighted by Crippen LogP contribution is 2.24. The van der Waals surface area contributed by atoms with Crippen LogP contribution in [-0.2, 0) is 4.79 Å². The van der Waals surface area contributed by atoms with Crippen molar-refractivity contribution < 1.29 is 9.18 Å². The van der Waals surface area contributed by atoms with Crippen LogP contribution < -0.4 is 5.73 Å². The molecule has 1 amide bonds. The summed E-state index contributed by atoms with van der Waals surface area (Å²) in [7, 11) is 0. The molecule has 1 fully saturated rings. The summed E-state index contributed by atoms with van der Waals surface area (Å²) in [6, 6.07) is -0.140. The first-order valence-corrected chi connectivity index (χ1v) is 4.63. The molecule has 0 bridgehead atoms. The largest absolute Gasteiger partial charge is 0.339 e. The van der Waals surface area contributed by atoms with Crippen LogP contribution in [0.3, 0.4) is 0 Å². The van der Waals surface area contributed by atoms with E-state index in [0.717, 1.165) is 0 Å². The number of halogens is 2. The second-order valence-corrected chi connectivity index (χ2v) is 4.16. The summed E-state index contributed by atoms with van der Waals surface area (Å²) in [5, 5.41) is 0. The summed E-state index contributed by atoms with van der Waals surface area (Å²) < 4.78 is 13.3. The van der Waals surface area contributed by atoms with Crippen LogP contribution in [0, 0.1) is 0 Å². The van der Waals surface area contributed by atoms with Gasteiger partial charge in [0.25, 0.3) is 0 Å². The van der Waals surface area contributed by atoms with Crippen LogP contribution >= 0.6 is 12.4 Å². The molecule has 84 valence electrons. The van der Waals surface area contributed by atoms with E-state index in [4.69, 9.17) is 5.73 Å². The van der Waals surface area contributed by atoms with Crippen molar-refractivity contribution in [3.8, 4) is 0 Å². The lowest BCUT2D eigenvalue weighted by Crippen LogP contribution is -2.35. The zero-order valence-electron chi connectivity index (χ0n) is 8.62. The number of nitrogens with two attached hydrogens (primary N) is 1. The third-order valence-corrected chi connectivity index (χ3v) is 2.27. The summed E-state index contributed by atoms with van der Waals surface area (Å²) in [5.41, 5.74) is 4.29. The van der Waals surface area contributed by atoms with Crippen LogP contribution in [0.25, 0.3) is 0 Å². The summed E-state index contributed by atoms with van der Waals surface area (Å²) in [4.78, 5) is 13.0. The van der Waals surface area contributed by atoms with E-state index in [1.54, 1.807) is 11.8 Å². The summed E-state index contributed by atoms with van der Waals surface area (Å²) in [5.74, 6) is -0.0311. The van der Waals surface area contributed by atoms with Crippen LogP contribution in [0.1, 0.15) is 26.7 Å². The minimum atomic E-state index is -1.20. The summed E-state index contributed by atoms with van der Waals surface area (Å²) in [6.07, 6.45) is 0.758. The van der Waals surface area contributed by atoms with Gasteiger partial charge in [-0.2, -0.15) is 0 Å². The second-order valence-electron chi connectivity index (χ2n) is 4.16. The van der Waals surface area contributed by atoms with E-state index in [1.165, 1.54) is 6.92 Å². The zero-order valence-corrected chi connectivity index (χ0v) is 9.44. The third-order valence-electron chi connectivity index (χ3n) is 2.27. The highest BCUT2D eigenvalue weighted by atomic mass is 35.5. The van der Waals surface area contributed by atoms with Crippen molar-refractivity contribution in [1.29, 1.82) is 0 Å². The first-order valence-electron chi connectivity index (χ1n) is 4.63. The SMILES string of the molecule is CC(N)CC(=O)N1CCC(C)(F)C1.Cl. The van der Waals surface area contributed by atoms with Gasteiger partial charge in [0.2, 0.25) is 5.91 Å². The van der Waals surface area contributed by atoms with Gasteiger partial charge < -0.3 is 10.6 Å². The fraction of sp³-hybridized carbons (Fsp3) is 0.889. The van der Waals surface area contributed by atoms with Crippen molar-refractivity contribution in [1.82, 2.24) is 4.90 Å². The number of hydrogen-bond donors (Lipinski definition) is 1. The fourth-order valence-corrected chi connectivity index (χ4v) is 1.54. The molecule has 14 heavy (non-hydrogen) atoms. The Morgan fingerprint density at radius 2 is 2.29 bits per heavy atom. The molecule has 0 aliphatic carbocycles. The van der Waals surface area contributed by atoms with Crippen LogP contribution in [0.15, 0.2) is 0 Å². The number of carbonyl (C=O) groups excluding carboxylic acids is 1. The molecule has 0 spiro atoms. The van der Waals surface area contributed by atoms with Gasteiger partial charge in [-0.05, 0) is 13.8 Å². The average Bonchev–Trinajstić information content (AvgIpc) is 2.28. The van der Waals surface area contributed by atoms with E-state index in [2.05, 4.69) is 0 Å². The number of likely N-dealkylation sites (tertiary alicyclic amines) is 1. The van der Waals surface area contributed by atoms with Gasteiger partial charge in [0.1, 0.15) is 5.67 Å². The first kappa shape index (κ1) is 13.7. The van der Waals surface area contributed by atoms with Gasteiger partial charge in [0.05, 0.1) is 6.54 Å². The quantitative estimate of drug-likeness (QED) is 0.764. The van der Waals surface area contributed by atoms with Crippen molar-refractivity contribution in [2.75, 3.05) is 13.1 Å². The Morgan fingerprint density at radius 1 is 1.71 bits per heavy atom. The molecule has 2 unspecified atom stereocenters.